The molecule has 3 aromatic carbocycles. The minimum absolute atomic E-state index is 0.0282. The van der Waals surface area contributed by atoms with Crippen molar-refractivity contribution in [3.05, 3.63) is 107 Å². The fourth-order valence-corrected chi connectivity index (χ4v) is 7.71. The van der Waals surface area contributed by atoms with Crippen molar-refractivity contribution in [3.63, 3.8) is 0 Å². The van der Waals surface area contributed by atoms with Gasteiger partial charge >= 0.3 is 5.97 Å². The first-order chi connectivity index (χ1) is 32.0. The molecule has 4 bridgehead atoms. The second-order valence-electron chi connectivity index (χ2n) is 16.8. The second-order valence-corrected chi connectivity index (χ2v) is 16.8. The molecule has 0 fully saturated rings. The summed E-state index contributed by atoms with van der Waals surface area (Å²) in [5.74, 6) is -1.33. The van der Waals surface area contributed by atoms with Crippen LogP contribution in [0.2, 0.25) is 0 Å². The first-order valence-electron chi connectivity index (χ1n) is 22.9. The van der Waals surface area contributed by atoms with Crippen molar-refractivity contribution in [2.75, 3.05) is 46.5 Å². The standard InChI is InChI=1S/C51H70N8O8/c1-9-10-11-12-25-65-39-17-14-37(15-18-39)34(6)55-35(7)46(31(2)3)48(60)58-42(21-22-52)50(62)59(8)47-38-16-20-45(67-27-24-54)41(30-38)40-28-36(13-19-44(40)66-26-23-53)29-43(51(63)64)56-32(4)33(5)57-49(47)61/h13-20,28,30,33,42-43,47,56H,4,6,9-12,21-27,29,52-54H2,1-3,5,7-8H3,(H,57,61)(H,58,60)(H,63,64)/t33-,42-,43?,47?/m0/s1. The molecule has 2 unspecified atom stereocenters. The molecule has 10 N–H and O–H groups in total. The Morgan fingerprint density at radius 1 is 0.881 bits per heavy atom. The number of unbranched alkanes of at least 4 members (excludes halogenated alkanes) is 3. The number of rotatable bonds is 22. The predicted molar refractivity (Wildman–Crippen MR) is 264 cm³/mol. The van der Waals surface area contributed by atoms with Crippen molar-refractivity contribution < 1.29 is 38.5 Å². The zero-order valence-electron chi connectivity index (χ0n) is 39.9. The number of fused-ring (bicyclic) bond motifs is 5. The number of allylic oxidation sites excluding steroid dienone is 1. The second kappa shape index (κ2) is 26.0. The Morgan fingerprint density at radius 3 is 2.12 bits per heavy atom. The minimum atomic E-state index is -1.30. The number of aliphatic carboxylic acids is 1. The highest BCUT2D eigenvalue weighted by Gasteiger charge is 2.36. The maximum atomic E-state index is 14.8. The number of carbonyl (C=O) groups excluding carboxylic acids is 3. The quantitative estimate of drug-likeness (QED) is 0.0380. The van der Waals surface area contributed by atoms with Gasteiger partial charge in [0.15, 0.2) is 0 Å². The van der Waals surface area contributed by atoms with Crippen molar-refractivity contribution in [2.45, 2.75) is 97.3 Å². The first-order valence-corrected chi connectivity index (χ1v) is 22.9. The molecule has 0 spiro atoms. The molecule has 362 valence electrons. The van der Waals surface area contributed by atoms with Gasteiger partial charge in [-0.15, -0.1) is 0 Å². The van der Waals surface area contributed by atoms with E-state index in [4.69, 9.17) is 36.4 Å². The number of aliphatic imine (C=N–C) groups is 1. The van der Waals surface area contributed by atoms with Crippen molar-refractivity contribution in [1.82, 2.24) is 20.9 Å². The molecule has 3 amide bonds. The highest BCUT2D eigenvalue weighted by molar-refractivity contribution is 6.22. The largest absolute Gasteiger partial charge is 0.494 e. The van der Waals surface area contributed by atoms with Crippen LogP contribution in [0.3, 0.4) is 0 Å². The predicted octanol–water partition coefficient (Wildman–Crippen LogP) is 5.41. The molecule has 0 aromatic heterocycles. The Balaban J connectivity index is 1.73. The molecule has 1 heterocycles. The average molecular weight is 923 g/mol. The number of carboxylic acids is 1. The highest BCUT2D eigenvalue weighted by Crippen LogP contribution is 2.40. The van der Waals surface area contributed by atoms with E-state index in [1.54, 1.807) is 64.1 Å². The normalized spacial score (nSPS) is 16.6. The van der Waals surface area contributed by atoms with Crippen molar-refractivity contribution >= 4 is 35.1 Å². The van der Waals surface area contributed by atoms with E-state index >= 15 is 0 Å². The summed E-state index contributed by atoms with van der Waals surface area (Å²) < 4.78 is 18.1. The van der Waals surface area contributed by atoms with E-state index in [0.717, 1.165) is 30.6 Å². The highest BCUT2D eigenvalue weighted by atomic mass is 16.5. The van der Waals surface area contributed by atoms with Crippen LogP contribution in [0, 0.1) is 0 Å². The zero-order valence-corrected chi connectivity index (χ0v) is 39.9. The summed E-state index contributed by atoms with van der Waals surface area (Å²) in [4.78, 5) is 62.2. The number of nitrogens with two attached hydrogens (primary N) is 3. The molecule has 16 nitrogen and oxygen atoms in total. The molecule has 0 radical (unpaired) electrons. The number of nitrogens with zero attached hydrogens (tertiary/aromatic N) is 2. The number of benzene rings is 3. The van der Waals surface area contributed by atoms with Crippen LogP contribution in [0.5, 0.6) is 17.2 Å². The lowest BCUT2D eigenvalue weighted by molar-refractivity contribution is -0.142. The summed E-state index contributed by atoms with van der Waals surface area (Å²) in [6.45, 7) is 18.7. The summed E-state index contributed by atoms with van der Waals surface area (Å²) in [6, 6.07) is 13.5. The van der Waals surface area contributed by atoms with E-state index in [-0.39, 0.29) is 57.0 Å². The molecule has 16 heteroatoms. The average Bonchev–Trinajstić information content (AvgIpc) is 3.29. The molecule has 0 saturated carbocycles. The number of ether oxygens (including phenoxy) is 3. The smallest absolute Gasteiger partial charge is 0.326 e. The van der Waals surface area contributed by atoms with E-state index in [1.807, 2.05) is 24.3 Å². The fraction of sp³-hybridized carbons (Fsp3) is 0.431. The van der Waals surface area contributed by atoms with Gasteiger partial charge in [-0.25, -0.2) is 4.79 Å². The lowest BCUT2D eigenvalue weighted by Gasteiger charge is -2.33. The molecular weight excluding hydrogens is 853 g/mol. The van der Waals surface area contributed by atoms with Crippen molar-refractivity contribution in [3.8, 4) is 28.4 Å². The fourth-order valence-electron chi connectivity index (χ4n) is 7.71. The van der Waals surface area contributed by atoms with E-state index < -0.39 is 47.9 Å². The van der Waals surface area contributed by atoms with E-state index in [0.29, 0.717) is 57.3 Å². The number of hydrogen-bond acceptors (Lipinski definition) is 12. The van der Waals surface area contributed by atoms with Crippen LogP contribution in [-0.4, -0.2) is 104 Å². The van der Waals surface area contributed by atoms with Gasteiger partial charge < -0.3 is 57.4 Å². The number of carbonyl (C=O) groups is 4. The number of nitrogens with one attached hydrogen (secondary N) is 3. The number of amides is 3. The lowest BCUT2D eigenvalue weighted by Crippen LogP contribution is -2.53. The number of carboxylic acid groups (broad SMARTS) is 1. The Labute approximate surface area is 395 Å². The first kappa shape index (κ1) is 53.1. The van der Waals surface area contributed by atoms with Gasteiger partial charge in [0.25, 0.3) is 5.91 Å². The van der Waals surface area contributed by atoms with Gasteiger partial charge in [0, 0.05) is 43.4 Å². The van der Waals surface area contributed by atoms with E-state index in [1.165, 1.54) is 18.4 Å². The van der Waals surface area contributed by atoms with Gasteiger partial charge in [-0.1, -0.05) is 57.0 Å². The van der Waals surface area contributed by atoms with Gasteiger partial charge in [-0.3, -0.25) is 19.4 Å². The Kier molecular flexibility index (Phi) is 20.6. The summed E-state index contributed by atoms with van der Waals surface area (Å²) in [6.07, 6.45) is 4.53. The van der Waals surface area contributed by atoms with Crippen LogP contribution in [0.1, 0.15) is 89.5 Å². The summed E-state index contributed by atoms with van der Waals surface area (Å²) in [5, 5.41) is 19.0. The Bertz CT molecular complexity index is 2290. The minimum Gasteiger partial charge on any atom is -0.494 e. The molecule has 4 atom stereocenters. The van der Waals surface area contributed by atoms with Gasteiger partial charge in [0.1, 0.15) is 48.6 Å². The third kappa shape index (κ3) is 14.8. The molecule has 0 aliphatic carbocycles. The van der Waals surface area contributed by atoms with Crippen LogP contribution in [0.4, 0.5) is 0 Å². The van der Waals surface area contributed by atoms with Crippen LogP contribution < -0.4 is 47.4 Å². The van der Waals surface area contributed by atoms with Crippen molar-refractivity contribution in [1.29, 1.82) is 0 Å². The molecule has 67 heavy (non-hydrogen) atoms. The van der Waals surface area contributed by atoms with E-state index in [9.17, 15) is 24.3 Å². The van der Waals surface area contributed by atoms with Crippen LogP contribution in [0.25, 0.3) is 16.8 Å². The third-order valence-electron chi connectivity index (χ3n) is 11.3. The molecule has 1 aliphatic rings. The molecular formula is C51H70N8O8. The van der Waals surface area contributed by atoms with Crippen LogP contribution >= 0.6 is 0 Å². The van der Waals surface area contributed by atoms with Gasteiger partial charge in [0.05, 0.1) is 29.6 Å². The summed E-state index contributed by atoms with van der Waals surface area (Å²) >= 11 is 0. The monoisotopic (exact) mass is 923 g/mol. The van der Waals surface area contributed by atoms with Gasteiger partial charge in [-0.2, -0.15) is 0 Å². The molecule has 0 saturated heterocycles. The molecule has 4 rings (SSSR count). The zero-order chi connectivity index (χ0) is 49.2. The SMILES string of the molecule is C=C(N=C(C)C(C(=O)N[C@@H](CCN)C(=O)N(C)C1C(=O)N[C@@H](C)C(=C)NC(C(=O)O)Cc2ccc(OCCN)c(c2)-c2cc1ccc2OCCN)=C(C)C)c1ccc(OCCCCCC)cc1. The Morgan fingerprint density at radius 2 is 1.52 bits per heavy atom. The third-order valence-corrected chi connectivity index (χ3v) is 11.3. The number of likely N-dealkylation sites (N-methyl/N-ethyl adjacent to an activating group) is 1. The van der Waals surface area contributed by atoms with Gasteiger partial charge in [-0.05, 0) is 112 Å². The maximum absolute atomic E-state index is 14.8. The van der Waals surface area contributed by atoms with Crippen molar-refractivity contribution in [2.24, 2.45) is 22.2 Å². The summed E-state index contributed by atoms with van der Waals surface area (Å²) in [7, 11) is 1.47. The lowest BCUT2D eigenvalue weighted by atomic mass is 9.93. The van der Waals surface area contributed by atoms with Gasteiger partial charge in [0.2, 0.25) is 11.8 Å². The maximum Gasteiger partial charge on any atom is 0.326 e. The molecule has 1 aliphatic heterocycles. The van der Waals surface area contributed by atoms with E-state index in [2.05, 4.69) is 36.0 Å². The summed E-state index contributed by atoms with van der Waals surface area (Å²) in [5.41, 5.74) is 22.5. The number of hydrogen-bond donors (Lipinski definition) is 7. The topological polar surface area (TPSA) is 246 Å². The molecule has 3 aromatic rings. The Hall–Kier alpha value is -6.49. The van der Waals surface area contributed by atoms with Crippen LogP contribution in [-0.2, 0) is 25.6 Å². The van der Waals surface area contributed by atoms with Crippen LogP contribution in [0.15, 0.2) is 95.7 Å².